The van der Waals surface area contributed by atoms with Crippen molar-refractivity contribution in [2.75, 3.05) is 45.2 Å². The number of hydrogen-bond donors (Lipinski definition) is 3. The van der Waals surface area contributed by atoms with Gasteiger partial charge in [0.15, 0.2) is 0 Å². The predicted molar refractivity (Wildman–Crippen MR) is 108 cm³/mol. The molecule has 0 fully saturated rings. The SMILES string of the molecule is CN(C)c1ccccc1C(=O)NCCNCC(O)COc1ccccc1.O. The van der Waals surface area contributed by atoms with Crippen molar-refractivity contribution in [1.82, 2.24) is 10.6 Å². The number of rotatable bonds is 10. The molecule has 0 radical (unpaired) electrons. The van der Waals surface area contributed by atoms with Crippen molar-refractivity contribution in [3.05, 3.63) is 60.2 Å². The summed E-state index contributed by atoms with van der Waals surface area (Å²) in [5.41, 5.74) is 1.53. The third-order valence-corrected chi connectivity index (χ3v) is 3.78. The molecule has 2 rings (SSSR count). The van der Waals surface area contributed by atoms with Gasteiger partial charge in [-0.25, -0.2) is 0 Å². The molecule has 2 aromatic rings. The Balaban J connectivity index is 0.00000364. The molecule has 0 spiro atoms. The van der Waals surface area contributed by atoms with Crippen molar-refractivity contribution in [2.24, 2.45) is 0 Å². The Labute approximate surface area is 160 Å². The highest BCUT2D eigenvalue weighted by Gasteiger charge is 2.11. The minimum Gasteiger partial charge on any atom is -0.491 e. The number of aliphatic hydroxyl groups is 1. The Morgan fingerprint density at radius 1 is 1.07 bits per heavy atom. The lowest BCUT2D eigenvalue weighted by molar-refractivity contribution is 0.0950. The number of anilines is 1. The highest BCUT2D eigenvalue weighted by atomic mass is 16.5. The van der Waals surface area contributed by atoms with Crippen LogP contribution in [0.5, 0.6) is 5.75 Å². The van der Waals surface area contributed by atoms with Gasteiger partial charge in [-0.1, -0.05) is 30.3 Å². The first kappa shape index (κ1) is 22.4. The summed E-state index contributed by atoms with van der Waals surface area (Å²) in [5.74, 6) is 0.627. The van der Waals surface area contributed by atoms with Crippen LogP contribution in [-0.4, -0.2) is 62.9 Å². The van der Waals surface area contributed by atoms with E-state index in [9.17, 15) is 9.90 Å². The lowest BCUT2D eigenvalue weighted by atomic mass is 10.1. The number of nitrogens with one attached hydrogen (secondary N) is 2. The fourth-order valence-corrected chi connectivity index (χ4v) is 2.45. The molecule has 7 nitrogen and oxygen atoms in total. The van der Waals surface area contributed by atoms with Gasteiger partial charge in [-0.3, -0.25) is 4.79 Å². The largest absolute Gasteiger partial charge is 0.491 e. The number of para-hydroxylation sites is 2. The van der Waals surface area contributed by atoms with E-state index in [2.05, 4.69) is 10.6 Å². The van der Waals surface area contributed by atoms with Crippen molar-refractivity contribution in [2.45, 2.75) is 6.10 Å². The molecular formula is C20H29N3O4. The first-order chi connectivity index (χ1) is 12.6. The second kappa shape index (κ2) is 11.9. The number of benzene rings is 2. The lowest BCUT2D eigenvalue weighted by Gasteiger charge is -2.17. The van der Waals surface area contributed by atoms with E-state index in [1.54, 1.807) is 0 Å². The fraction of sp³-hybridized carbons (Fsp3) is 0.350. The Morgan fingerprint density at radius 3 is 2.44 bits per heavy atom. The molecule has 148 valence electrons. The van der Waals surface area contributed by atoms with Crippen LogP contribution < -0.4 is 20.3 Å². The van der Waals surface area contributed by atoms with Gasteiger partial charge in [0.1, 0.15) is 18.5 Å². The molecule has 1 unspecified atom stereocenters. The number of amides is 1. The molecule has 0 saturated heterocycles. The Bertz CT molecular complexity index is 680. The fourth-order valence-electron chi connectivity index (χ4n) is 2.45. The van der Waals surface area contributed by atoms with Crippen LogP contribution in [0.3, 0.4) is 0 Å². The molecule has 0 aliphatic carbocycles. The topological polar surface area (TPSA) is 105 Å². The minimum absolute atomic E-state index is 0. The molecule has 1 atom stereocenters. The summed E-state index contributed by atoms with van der Waals surface area (Å²) in [4.78, 5) is 14.2. The first-order valence-electron chi connectivity index (χ1n) is 8.69. The summed E-state index contributed by atoms with van der Waals surface area (Å²) >= 11 is 0. The summed E-state index contributed by atoms with van der Waals surface area (Å²) in [6.07, 6.45) is -0.611. The highest BCUT2D eigenvalue weighted by Crippen LogP contribution is 2.17. The van der Waals surface area contributed by atoms with Crippen molar-refractivity contribution in [3.63, 3.8) is 0 Å². The van der Waals surface area contributed by atoms with Gasteiger partial charge < -0.3 is 30.9 Å². The van der Waals surface area contributed by atoms with E-state index < -0.39 is 6.10 Å². The summed E-state index contributed by atoms with van der Waals surface area (Å²) < 4.78 is 5.49. The second-order valence-corrected chi connectivity index (χ2v) is 6.15. The number of carbonyl (C=O) groups is 1. The van der Waals surface area contributed by atoms with Gasteiger partial charge in [0.2, 0.25) is 0 Å². The van der Waals surface area contributed by atoms with Gasteiger partial charge in [0.05, 0.1) is 5.56 Å². The van der Waals surface area contributed by atoms with Crippen LogP contribution in [0.2, 0.25) is 0 Å². The zero-order valence-electron chi connectivity index (χ0n) is 15.8. The standard InChI is InChI=1S/C20H27N3O3.H2O/c1-23(2)19-11-7-6-10-18(19)20(25)22-13-12-21-14-16(24)15-26-17-8-4-3-5-9-17;/h3-11,16,21,24H,12-15H2,1-2H3,(H,22,25);1H2. The van der Waals surface area contributed by atoms with Crippen LogP contribution in [0.25, 0.3) is 0 Å². The zero-order chi connectivity index (χ0) is 18.8. The number of hydrogen-bond acceptors (Lipinski definition) is 5. The summed E-state index contributed by atoms with van der Waals surface area (Å²) in [6.45, 7) is 1.67. The van der Waals surface area contributed by atoms with E-state index >= 15 is 0 Å². The van der Waals surface area contributed by atoms with E-state index in [-0.39, 0.29) is 18.0 Å². The predicted octanol–water partition coefficient (Wildman–Crippen LogP) is 0.687. The Morgan fingerprint density at radius 2 is 1.74 bits per heavy atom. The number of ether oxygens (including phenoxy) is 1. The lowest BCUT2D eigenvalue weighted by Crippen LogP contribution is -2.37. The highest BCUT2D eigenvalue weighted by molar-refractivity contribution is 5.99. The molecule has 1 amide bonds. The summed E-state index contributed by atoms with van der Waals surface area (Å²) in [5, 5.41) is 15.9. The number of nitrogens with zero attached hydrogens (tertiary/aromatic N) is 1. The van der Waals surface area contributed by atoms with Crippen LogP contribution >= 0.6 is 0 Å². The maximum Gasteiger partial charge on any atom is 0.253 e. The minimum atomic E-state index is -0.611. The molecule has 2 aromatic carbocycles. The van der Waals surface area contributed by atoms with E-state index in [1.165, 1.54) is 0 Å². The average molecular weight is 375 g/mol. The van der Waals surface area contributed by atoms with Crippen LogP contribution in [0.4, 0.5) is 5.69 Å². The van der Waals surface area contributed by atoms with Crippen molar-refractivity contribution in [3.8, 4) is 5.75 Å². The van der Waals surface area contributed by atoms with Crippen LogP contribution in [0, 0.1) is 0 Å². The second-order valence-electron chi connectivity index (χ2n) is 6.15. The van der Waals surface area contributed by atoms with Crippen molar-refractivity contribution >= 4 is 11.6 Å². The van der Waals surface area contributed by atoms with Crippen molar-refractivity contribution < 1.29 is 20.1 Å². The average Bonchev–Trinajstić information content (AvgIpc) is 2.66. The molecule has 27 heavy (non-hydrogen) atoms. The van der Waals surface area contributed by atoms with Crippen LogP contribution in [-0.2, 0) is 0 Å². The Hall–Kier alpha value is -2.61. The van der Waals surface area contributed by atoms with E-state index in [1.807, 2.05) is 73.6 Å². The third kappa shape index (κ3) is 7.65. The molecule has 0 bridgehead atoms. The Kier molecular flexibility index (Phi) is 9.89. The molecule has 0 aliphatic heterocycles. The molecule has 0 aliphatic rings. The first-order valence-corrected chi connectivity index (χ1v) is 8.69. The molecule has 7 heteroatoms. The maximum atomic E-state index is 12.3. The quantitative estimate of drug-likeness (QED) is 0.530. The molecule has 0 saturated carbocycles. The van der Waals surface area contributed by atoms with Crippen molar-refractivity contribution in [1.29, 1.82) is 0 Å². The van der Waals surface area contributed by atoms with Gasteiger partial charge in [-0.2, -0.15) is 0 Å². The van der Waals surface area contributed by atoms with Gasteiger partial charge in [0, 0.05) is 39.4 Å². The van der Waals surface area contributed by atoms with Gasteiger partial charge >= 0.3 is 0 Å². The van der Waals surface area contributed by atoms with Gasteiger partial charge in [0.25, 0.3) is 5.91 Å². The van der Waals surface area contributed by atoms with Gasteiger partial charge in [-0.05, 0) is 24.3 Å². The van der Waals surface area contributed by atoms with E-state index in [4.69, 9.17) is 4.74 Å². The number of aliphatic hydroxyl groups excluding tert-OH is 1. The zero-order valence-corrected chi connectivity index (χ0v) is 15.8. The normalized spacial score (nSPS) is 11.2. The third-order valence-electron chi connectivity index (χ3n) is 3.78. The molecule has 5 N–H and O–H groups in total. The molecule has 0 heterocycles. The van der Waals surface area contributed by atoms with E-state index in [0.717, 1.165) is 11.4 Å². The molecule has 0 aromatic heterocycles. The maximum absolute atomic E-state index is 12.3. The van der Waals surface area contributed by atoms with Crippen LogP contribution in [0.1, 0.15) is 10.4 Å². The summed E-state index contributed by atoms with van der Waals surface area (Å²) in [7, 11) is 3.82. The monoisotopic (exact) mass is 375 g/mol. The van der Waals surface area contributed by atoms with Crippen LogP contribution in [0.15, 0.2) is 54.6 Å². The molecular weight excluding hydrogens is 346 g/mol. The number of carbonyl (C=O) groups excluding carboxylic acids is 1. The summed E-state index contributed by atoms with van der Waals surface area (Å²) in [6, 6.07) is 16.9. The van der Waals surface area contributed by atoms with E-state index in [0.29, 0.717) is 25.2 Å². The van der Waals surface area contributed by atoms with Gasteiger partial charge in [-0.15, -0.1) is 0 Å². The smallest absolute Gasteiger partial charge is 0.253 e.